The predicted molar refractivity (Wildman–Crippen MR) is 68.3 cm³/mol. The number of sulfonamides is 1. The van der Waals surface area contributed by atoms with Crippen LogP contribution in [-0.2, 0) is 10.0 Å². The summed E-state index contributed by atoms with van der Waals surface area (Å²) in [5.41, 5.74) is 0.950. The van der Waals surface area contributed by atoms with Crippen LogP contribution in [0.25, 0.3) is 10.9 Å². The van der Waals surface area contributed by atoms with E-state index in [4.69, 9.17) is 5.14 Å². The fourth-order valence-electron chi connectivity index (χ4n) is 1.22. The summed E-state index contributed by atoms with van der Waals surface area (Å²) in [6.45, 7) is 0. The van der Waals surface area contributed by atoms with E-state index in [-0.39, 0.29) is 5.75 Å². The Labute approximate surface area is 102 Å². The summed E-state index contributed by atoms with van der Waals surface area (Å²) in [6, 6.07) is 7.80. The van der Waals surface area contributed by atoms with Crippen molar-refractivity contribution in [2.24, 2.45) is 5.14 Å². The highest BCUT2D eigenvalue weighted by Gasteiger charge is 2.08. The van der Waals surface area contributed by atoms with Crippen molar-refractivity contribution in [3.63, 3.8) is 0 Å². The summed E-state index contributed by atoms with van der Waals surface area (Å²) in [5, 5.41) is 6.01. The number of rotatable bonds is 4. The maximum absolute atomic E-state index is 10.8. The van der Waals surface area contributed by atoms with E-state index < -0.39 is 10.0 Å². The molecule has 1 heterocycles. The second-order valence-electron chi connectivity index (χ2n) is 3.20. The number of thioether (sulfide) groups is 1. The van der Waals surface area contributed by atoms with Gasteiger partial charge in [0.25, 0.3) is 0 Å². The normalized spacial score (nSPS) is 12.1. The number of benzene rings is 1. The van der Waals surface area contributed by atoms with Crippen LogP contribution in [0.5, 0.6) is 0 Å². The lowest BCUT2D eigenvalue weighted by Crippen LogP contribution is -2.17. The summed E-state index contributed by atoms with van der Waals surface area (Å²) < 4.78 is 26.9. The molecule has 0 amide bonds. The van der Waals surface area contributed by atoms with E-state index in [0.717, 1.165) is 15.1 Å². The second-order valence-corrected chi connectivity index (χ2v) is 7.07. The van der Waals surface area contributed by atoms with Crippen LogP contribution in [-0.4, -0.2) is 24.3 Å². The van der Waals surface area contributed by atoms with Crippen molar-refractivity contribution in [2.75, 3.05) is 11.5 Å². The Morgan fingerprint density at radius 1 is 1.38 bits per heavy atom. The van der Waals surface area contributed by atoms with E-state index in [1.165, 1.54) is 23.3 Å². The monoisotopic (exact) mass is 274 g/mol. The average molecular weight is 274 g/mol. The van der Waals surface area contributed by atoms with Crippen molar-refractivity contribution < 1.29 is 8.42 Å². The van der Waals surface area contributed by atoms with Gasteiger partial charge in [-0.1, -0.05) is 18.2 Å². The van der Waals surface area contributed by atoms with Crippen LogP contribution in [0, 0.1) is 0 Å². The molecule has 4 nitrogen and oxygen atoms in total. The highest BCUT2D eigenvalue weighted by Crippen LogP contribution is 2.31. The SMILES string of the molecule is NS(=O)(=O)CCSc1snc2ccccc12. The van der Waals surface area contributed by atoms with Crippen LogP contribution < -0.4 is 5.14 Å². The number of hydrogen-bond acceptors (Lipinski definition) is 5. The first-order valence-corrected chi connectivity index (χ1v) is 8.01. The zero-order valence-corrected chi connectivity index (χ0v) is 10.7. The highest BCUT2D eigenvalue weighted by molar-refractivity contribution is 8.02. The number of hydrogen-bond donors (Lipinski definition) is 1. The van der Waals surface area contributed by atoms with Crippen molar-refractivity contribution in [2.45, 2.75) is 4.21 Å². The minimum absolute atomic E-state index is 0.0100. The predicted octanol–water partition coefficient (Wildman–Crippen LogP) is 1.68. The van der Waals surface area contributed by atoms with Gasteiger partial charge in [-0.3, -0.25) is 0 Å². The van der Waals surface area contributed by atoms with Crippen molar-refractivity contribution in [1.29, 1.82) is 0 Å². The van der Waals surface area contributed by atoms with Crippen molar-refractivity contribution in [3.05, 3.63) is 24.3 Å². The molecule has 0 spiro atoms. The van der Waals surface area contributed by atoms with E-state index in [2.05, 4.69) is 4.37 Å². The van der Waals surface area contributed by atoms with Gasteiger partial charge in [-0.15, -0.1) is 11.8 Å². The molecule has 1 aromatic heterocycles. The van der Waals surface area contributed by atoms with Gasteiger partial charge in [0, 0.05) is 11.1 Å². The molecule has 1 aromatic carbocycles. The molecule has 0 saturated carbocycles. The van der Waals surface area contributed by atoms with Crippen LogP contribution in [0.3, 0.4) is 0 Å². The zero-order chi connectivity index (χ0) is 11.6. The fourth-order valence-corrected chi connectivity index (χ4v) is 4.18. The summed E-state index contributed by atoms with van der Waals surface area (Å²) in [4.78, 5) is 0. The van der Waals surface area contributed by atoms with Crippen LogP contribution in [0.1, 0.15) is 0 Å². The first kappa shape index (κ1) is 11.8. The van der Waals surface area contributed by atoms with Gasteiger partial charge in [0.15, 0.2) is 0 Å². The first-order valence-electron chi connectivity index (χ1n) is 4.54. The lowest BCUT2D eigenvalue weighted by Gasteiger charge is -1.97. The van der Waals surface area contributed by atoms with Gasteiger partial charge in [0.05, 0.1) is 15.5 Å². The van der Waals surface area contributed by atoms with Gasteiger partial charge in [-0.05, 0) is 17.6 Å². The smallest absolute Gasteiger partial charge is 0.209 e. The van der Waals surface area contributed by atoms with Crippen LogP contribution >= 0.6 is 23.3 Å². The van der Waals surface area contributed by atoms with Crippen molar-refractivity contribution >= 4 is 44.2 Å². The molecule has 0 aliphatic rings. The number of nitrogens with zero attached hydrogens (tertiary/aromatic N) is 1. The van der Waals surface area contributed by atoms with E-state index >= 15 is 0 Å². The van der Waals surface area contributed by atoms with Gasteiger partial charge in [0.2, 0.25) is 10.0 Å². The fraction of sp³-hybridized carbons (Fsp3) is 0.222. The van der Waals surface area contributed by atoms with Gasteiger partial charge in [-0.2, -0.15) is 4.37 Å². The third-order valence-corrected chi connectivity index (χ3v) is 5.12. The average Bonchev–Trinajstić information content (AvgIpc) is 2.60. The zero-order valence-electron chi connectivity index (χ0n) is 8.29. The number of aromatic nitrogens is 1. The van der Waals surface area contributed by atoms with Gasteiger partial charge in [-0.25, -0.2) is 13.6 Å². The largest absolute Gasteiger partial charge is 0.229 e. The quantitative estimate of drug-likeness (QED) is 0.861. The molecule has 2 rings (SSSR count). The Morgan fingerprint density at radius 2 is 2.12 bits per heavy atom. The van der Waals surface area contributed by atoms with E-state index in [0.29, 0.717) is 5.75 Å². The third kappa shape index (κ3) is 2.94. The highest BCUT2D eigenvalue weighted by atomic mass is 32.2. The minimum Gasteiger partial charge on any atom is -0.229 e. The number of fused-ring (bicyclic) bond motifs is 1. The molecule has 0 bridgehead atoms. The molecule has 0 atom stereocenters. The Hall–Kier alpha value is -0.630. The molecule has 2 N–H and O–H groups in total. The minimum atomic E-state index is -3.37. The van der Waals surface area contributed by atoms with E-state index in [1.807, 2.05) is 24.3 Å². The molecule has 2 aromatic rings. The maximum atomic E-state index is 10.8. The Balaban J connectivity index is 2.10. The van der Waals surface area contributed by atoms with Crippen molar-refractivity contribution in [3.8, 4) is 0 Å². The third-order valence-electron chi connectivity index (χ3n) is 1.95. The molecule has 0 fully saturated rings. The van der Waals surface area contributed by atoms with Crippen molar-refractivity contribution in [1.82, 2.24) is 4.37 Å². The summed E-state index contributed by atoms with van der Waals surface area (Å²) in [6.07, 6.45) is 0. The van der Waals surface area contributed by atoms with E-state index in [1.54, 1.807) is 0 Å². The Bertz CT molecular complexity index is 592. The van der Waals surface area contributed by atoms with Crippen LogP contribution in [0.4, 0.5) is 0 Å². The number of primary sulfonamides is 1. The van der Waals surface area contributed by atoms with Gasteiger partial charge < -0.3 is 0 Å². The Kier molecular flexibility index (Phi) is 3.48. The van der Waals surface area contributed by atoms with Crippen LogP contribution in [0.15, 0.2) is 28.5 Å². The van der Waals surface area contributed by atoms with Crippen LogP contribution in [0.2, 0.25) is 0 Å². The molecule has 86 valence electrons. The Morgan fingerprint density at radius 3 is 2.88 bits per heavy atom. The second kappa shape index (κ2) is 4.70. The molecule has 0 aliphatic heterocycles. The molecule has 16 heavy (non-hydrogen) atoms. The molecule has 0 unspecified atom stereocenters. The molecule has 7 heteroatoms. The lowest BCUT2D eigenvalue weighted by atomic mass is 10.3. The maximum Gasteiger partial charge on any atom is 0.209 e. The van der Waals surface area contributed by atoms with Gasteiger partial charge >= 0.3 is 0 Å². The lowest BCUT2D eigenvalue weighted by molar-refractivity contribution is 0.599. The first-order chi connectivity index (χ1) is 7.56. The molecule has 0 saturated heterocycles. The number of nitrogens with two attached hydrogens (primary N) is 1. The molecular weight excluding hydrogens is 264 g/mol. The van der Waals surface area contributed by atoms with E-state index in [9.17, 15) is 8.42 Å². The summed E-state index contributed by atoms with van der Waals surface area (Å²) >= 11 is 2.87. The molecule has 0 aliphatic carbocycles. The summed E-state index contributed by atoms with van der Waals surface area (Å²) in [7, 11) is -3.37. The topological polar surface area (TPSA) is 73.1 Å². The molecular formula is C9H10N2O2S3. The standard InChI is InChI=1S/C9H10N2O2S3/c10-16(12,13)6-5-14-9-7-3-1-2-4-8(7)11-15-9/h1-4H,5-6H2,(H2,10,12,13). The van der Waals surface area contributed by atoms with Gasteiger partial charge in [0.1, 0.15) is 0 Å². The summed E-state index contributed by atoms with van der Waals surface area (Å²) in [5.74, 6) is 0.453. The molecule has 0 radical (unpaired) electrons.